The average Bonchev–Trinajstić information content (AvgIpc) is 0.769. The van der Waals surface area contributed by atoms with E-state index in [0.29, 0.717) is 90.6 Å². The Labute approximate surface area is 664 Å². The minimum absolute atomic E-state index is 0.0281. The van der Waals surface area contributed by atoms with Gasteiger partial charge in [0.05, 0.1) is 18.1 Å². The van der Waals surface area contributed by atoms with Crippen molar-refractivity contribution in [2.24, 2.45) is 40.2 Å². The molecule has 0 bridgehead atoms. The summed E-state index contributed by atoms with van der Waals surface area (Å²) >= 11 is 6.21. The number of primary amides is 1. The molecule has 0 aliphatic carbocycles. The fourth-order valence-corrected chi connectivity index (χ4v) is 17.5. The second-order valence-electron chi connectivity index (χ2n) is 33.9. The van der Waals surface area contributed by atoms with Crippen molar-refractivity contribution in [3.8, 4) is 5.75 Å². The second kappa shape index (κ2) is 38.6. The van der Waals surface area contributed by atoms with Crippen molar-refractivity contribution in [2.75, 3.05) is 98.2 Å². The normalized spacial score (nSPS) is 20.3. The smallest absolute Gasteiger partial charge is 0.406 e. The van der Waals surface area contributed by atoms with Gasteiger partial charge in [0.2, 0.25) is 29.5 Å². The number of nitrogens with two attached hydrogens (primary N) is 1. The summed E-state index contributed by atoms with van der Waals surface area (Å²) in [5, 5.41) is 0.739. The Bertz CT molecular complexity index is 3990. The lowest BCUT2D eigenvalue weighted by Gasteiger charge is -2.50. The van der Waals surface area contributed by atoms with Crippen molar-refractivity contribution in [3.63, 3.8) is 0 Å². The van der Waals surface area contributed by atoms with Gasteiger partial charge in [0.1, 0.15) is 17.4 Å². The third-order valence-electron chi connectivity index (χ3n) is 23.8. The Morgan fingerprint density at radius 3 is 1.04 bits per heavy atom. The van der Waals surface area contributed by atoms with Crippen LogP contribution >= 0.6 is 11.6 Å². The molecule has 2 N–H and O–H groups in total. The van der Waals surface area contributed by atoms with Gasteiger partial charge in [-0.25, -0.2) is 13.6 Å². The molecule has 112 heavy (non-hydrogen) atoms. The molecule has 0 saturated carbocycles. The zero-order chi connectivity index (χ0) is 80.8. The van der Waals surface area contributed by atoms with Gasteiger partial charge in [0.15, 0.2) is 0 Å². The van der Waals surface area contributed by atoms with Crippen LogP contribution in [0.1, 0.15) is 179 Å². The Morgan fingerprint density at radius 1 is 0.420 bits per heavy atom. The Balaban J connectivity index is 0.000000179. The summed E-state index contributed by atoms with van der Waals surface area (Å²) in [6.45, 7) is 30.9. The molecule has 17 nitrogen and oxygen atoms in total. The van der Waals surface area contributed by atoms with Crippen LogP contribution in [0.25, 0.3) is 0 Å². The van der Waals surface area contributed by atoms with E-state index in [1.165, 1.54) is 47.5 Å². The molecule has 2 unspecified atom stereocenters. The van der Waals surface area contributed by atoms with Gasteiger partial charge in [0, 0.05) is 154 Å². The van der Waals surface area contributed by atoms with Gasteiger partial charge < -0.3 is 39.9 Å². The Morgan fingerprint density at radius 2 is 0.723 bits per heavy atom. The molecular formula is C89H116ClF5N10O7. The molecule has 23 heteroatoms. The summed E-state index contributed by atoms with van der Waals surface area (Å²) in [4.78, 5) is 94.2. The first-order chi connectivity index (χ1) is 53.2. The van der Waals surface area contributed by atoms with E-state index in [9.17, 15) is 50.7 Å². The third-order valence-corrected chi connectivity index (χ3v) is 24.0. The van der Waals surface area contributed by atoms with E-state index in [1.807, 2.05) is 62.1 Å². The highest BCUT2D eigenvalue weighted by Crippen LogP contribution is 2.41. The van der Waals surface area contributed by atoms with E-state index in [0.717, 1.165) is 98.5 Å². The summed E-state index contributed by atoms with van der Waals surface area (Å²) in [6, 6.07) is 47.2. The Hall–Kier alpha value is -8.44. The average molecular weight is 1570 g/mol. The molecule has 12 rings (SSSR count). The lowest BCUT2D eigenvalue weighted by molar-refractivity contribution is -0.274. The van der Waals surface area contributed by atoms with Gasteiger partial charge in [-0.3, -0.25) is 38.7 Å². The molecule has 6 aliphatic rings. The predicted molar refractivity (Wildman–Crippen MR) is 428 cm³/mol. The molecule has 606 valence electrons. The molecule has 6 aromatic carbocycles. The lowest BCUT2D eigenvalue weighted by atomic mass is 9.82. The number of piperidine rings is 3. The van der Waals surface area contributed by atoms with Crippen LogP contribution in [0.15, 0.2) is 158 Å². The summed E-state index contributed by atoms with van der Waals surface area (Å²) in [5.41, 5.74) is 11.4. The largest absolute Gasteiger partial charge is 0.573 e. The first-order valence-electron chi connectivity index (χ1n) is 40.1. The SMILES string of the molecule is CC(=O)N1CCC(CC(=O)N2CCN(C(c3ccccc3)c3ccc(Cl)cc3)C[C@@H]2C(C)(C)C)CC1.CC(=O)N1CCC(CC(=O)N2CCN(C(c3ccccc3)c3ccc(OC(F)(F)F)cc3)C[C@@H]2C(C)(C)C)CC1.CC(C)[C@H]1CN(C(c2ccc(F)cc2)c2ccc(F)cc2)CCN1C(=O)CC1CCN(C(N)=O)CC1. The molecule has 6 heterocycles. The van der Waals surface area contributed by atoms with Crippen LogP contribution in [0.5, 0.6) is 5.75 Å². The first-order valence-corrected chi connectivity index (χ1v) is 40.4. The number of alkyl halides is 3. The molecule has 0 radical (unpaired) electrons. The molecule has 5 atom stereocenters. The number of likely N-dealkylation sites (tertiary alicyclic amines) is 3. The van der Waals surface area contributed by atoms with Gasteiger partial charge in [-0.2, -0.15) is 0 Å². The van der Waals surface area contributed by atoms with Crippen LogP contribution in [0.4, 0.5) is 26.7 Å². The highest BCUT2D eigenvalue weighted by atomic mass is 35.5. The van der Waals surface area contributed by atoms with Crippen molar-refractivity contribution in [1.82, 2.24) is 44.1 Å². The second-order valence-corrected chi connectivity index (χ2v) is 34.3. The zero-order valence-electron chi connectivity index (χ0n) is 67.0. The van der Waals surface area contributed by atoms with Gasteiger partial charge in [0.25, 0.3) is 0 Å². The zero-order valence-corrected chi connectivity index (χ0v) is 67.7. The van der Waals surface area contributed by atoms with E-state index >= 15 is 0 Å². The summed E-state index contributed by atoms with van der Waals surface area (Å²) in [7, 11) is 0. The minimum Gasteiger partial charge on any atom is -0.406 e. The monoisotopic (exact) mass is 1570 g/mol. The van der Waals surface area contributed by atoms with E-state index in [-0.39, 0.29) is 112 Å². The number of hydrogen-bond acceptors (Lipinski definition) is 10. The van der Waals surface area contributed by atoms with E-state index in [1.54, 1.807) is 55.1 Å². The fourth-order valence-electron chi connectivity index (χ4n) is 17.4. The molecule has 0 spiro atoms. The van der Waals surface area contributed by atoms with Gasteiger partial charge in [-0.05, 0) is 155 Å². The van der Waals surface area contributed by atoms with E-state index in [2.05, 4.69) is 122 Å². The molecule has 6 fully saturated rings. The number of halogens is 6. The minimum atomic E-state index is -4.74. The van der Waals surface area contributed by atoms with Crippen LogP contribution in [-0.2, 0) is 24.0 Å². The van der Waals surface area contributed by atoms with Crippen LogP contribution in [0, 0.1) is 46.1 Å². The maximum Gasteiger partial charge on any atom is 0.573 e. The van der Waals surface area contributed by atoms with Crippen LogP contribution in [0.3, 0.4) is 0 Å². The number of carbonyl (C=O) groups excluding carboxylic acids is 6. The molecule has 7 amide bonds. The fraction of sp³-hybridized carbons (Fsp3) is 0.528. The van der Waals surface area contributed by atoms with E-state index < -0.39 is 12.4 Å². The van der Waals surface area contributed by atoms with Gasteiger partial charge in [-0.15, -0.1) is 13.2 Å². The predicted octanol–water partition coefficient (Wildman–Crippen LogP) is 15.9. The molecule has 6 aliphatic heterocycles. The highest BCUT2D eigenvalue weighted by Gasteiger charge is 2.44. The molecular weight excluding hydrogens is 1450 g/mol. The third kappa shape index (κ3) is 23.4. The standard InChI is InChI=1S/C31H40F3N3O3.C30H40ClN3O2.C28H36F2N4O2/c1-22(38)35-16-14-23(15-17-35)20-28(39)37-19-18-36(21-27(37)30(2,3)4)29(24-8-6-5-7-9-24)25-10-12-26(13-11-25)40-31(32,33)34;1-22(35)32-16-14-23(15-17-32)20-28(36)34-19-18-33(21-27(34)30(2,3)4)29(24-8-6-5-7-9-24)25-10-12-26(31)13-11-25;1-19(2)25-18-33(15-16-34(25)26(35)17-20-11-13-32(14-12-20)28(31)36)27(21-3-7-23(29)8-4-21)22-5-9-24(30)10-6-22/h5-13,23,27,29H,14-21H2,1-4H3;5-13,23,27,29H,14-21H2,1-4H3;3-10,19-20,25,27H,11-18H2,1-2H3,(H2,31,36)/t2*27-,29?;25-/m111/s1. The lowest BCUT2D eigenvalue weighted by Crippen LogP contribution is -2.60. The number of carbonyl (C=O) groups is 6. The van der Waals surface area contributed by atoms with E-state index in [4.69, 9.17) is 17.3 Å². The number of hydrogen-bond donors (Lipinski definition) is 1. The van der Waals surface area contributed by atoms with Crippen molar-refractivity contribution in [2.45, 2.75) is 170 Å². The quantitative estimate of drug-likeness (QED) is 0.0868. The first kappa shape index (κ1) is 86.0. The van der Waals surface area contributed by atoms with Crippen LogP contribution in [0.2, 0.25) is 5.02 Å². The Kier molecular flexibility index (Phi) is 29.6. The number of piperazine rings is 3. The summed E-state index contributed by atoms with van der Waals surface area (Å²) < 4.78 is 69.6. The highest BCUT2D eigenvalue weighted by molar-refractivity contribution is 6.30. The molecule has 0 aromatic heterocycles. The maximum absolute atomic E-state index is 13.7. The summed E-state index contributed by atoms with van der Waals surface area (Å²) in [5.74, 6) is 1.09. The van der Waals surface area contributed by atoms with Crippen LogP contribution < -0.4 is 10.5 Å². The van der Waals surface area contributed by atoms with Crippen molar-refractivity contribution >= 4 is 47.2 Å². The maximum atomic E-state index is 13.7. The van der Waals surface area contributed by atoms with Crippen molar-refractivity contribution in [1.29, 1.82) is 0 Å². The number of nitrogens with zero attached hydrogens (tertiary/aromatic N) is 9. The summed E-state index contributed by atoms with van der Waals surface area (Å²) in [6.07, 6.45) is 1.90. The topological polar surface area (TPSA) is 167 Å². The number of urea groups is 1. The van der Waals surface area contributed by atoms with Crippen LogP contribution in [-0.4, -0.2) is 202 Å². The van der Waals surface area contributed by atoms with Gasteiger partial charge in [-0.1, -0.05) is 176 Å². The van der Waals surface area contributed by atoms with Gasteiger partial charge >= 0.3 is 12.4 Å². The number of amides is 7. The molecule has 6 saturated heterocycles. The number of benzene rings is 6. The number of ether oxygens (including phenoxy) is 1. The number of rotatable bonds is 17. The van der Waals surface area contributed by atoms with Crippen molar-refractivity contribution < 1.29 is 55.5 Å². The van der Waals surface area contributed by atoms with Crippen molar-refractivity contribution in [3.05, 3.63) is 208 Å². The molecule has 6 aromatic rings.